The third-order valence-corrected chi connectivity index (χ3v) is 6.87. The average molecular weight is 498 g/mol. The van der Waals surface area contributed by atoms with E-state index in [1.807, 2.05) is 0 Å². The summed E-state index contributed by atoms with van der Waals surface area (Å²) in [6.07, 6.45) is 18.4. The SMILES string of the molecule is CCCCC/C=C/CCCCCCCCC[N+](CC(C)C(=O)[O-])(CC(C)C(=O)O)CC(C)C(=O)O. The van der Waals surface area contributed by atoms with E-state index >= 15 is 0 Å². The van der Waals surface area contributed by atoms with Crippen molar-refractivity contribution < 1.29 is 34.2 Å². The van der Waals surface area contributed by atoms with Crippen molar-refractivity contribution >= 4 is 17.9 Å². The number of carboxylic acids is 3. The first-order valence-electron chi connectivity index (χ1n) is 13.7. The Hall–Kier alpha value is -1.89. The van der Waals surface area contributed by atoms with Gasteiger partial charge in [0.1, 0.15) is 11.8 Å². The second-order valence-corrected chi connectivity index (χ2v) is 10.5. The van der Waals surface area contributed by atoms with Crippen molar-refractivity contribution in [3.63, 3.8) is 0 Å². The number of rotatable bonds is 23. The molecular weight excluding hydrogens is 446 g/mol. The third-order valence-electron chi connectivity index (χ3n) is 6.87. The largest absolute Gasteiger partial charge is 0.550 e. The predicted octanol–water partition coefficient (Wildman–Crippen LogP) is 4.89. The summed E-state index contributed by atoms with van der Waals surface area (Å²) in [6.45, 7) is 8.18. The smallest absolute Gasteiger partial charge is 0.311 e. The Labute approximate surface area is 213 Å². The molecule has 0 aromatic heterocycles. The third kappa shape index (κ3) is 16.4. The van der Waals surface area contributed by atoms with Crippen LogP contribution in [0.25, 0.3) is 0 Å². The van der Waals surface area contributed by atoms with Gasteiger partial charge in [0.15, 0.2) is 0 Å². The number of unbranched alkanes of at least 4 members (excludes halogenated alkanes) is 10. The molecule has 7 heteroatoms. The lowest BCUT2D eigenvalue weighted by molar-refractivity contribution is -0.934. The van der Waals surface area contributed by atoms with E-state index in [1.165, 1.54) is 44.9 Å². The van der Waals surface area contributed by atoms with Gasteiger partial charge in [0.2, 0.25) is 0 Å². The highest BCUT2D eigenvalue weighted by atomic mass is 16.4. The second-order valence-electron chi connectivity index (χ2n) is 10.5. The summed E-state index contributed by atoms with van der Waals surface area (Å²) in [6, 6.07) is 0. The molecule has 204 valence electrons. The van der Waals surface area contributed by atoms with Crippen LogP contribution in [-0.2, 0) is 14.4 Å². The first-order valence-corrected chi connectivity index (χ1v) is 13.7. The zero-order chi connectivity index (χ0) is 26.7. The molecule has 3 atom stereocenters. The Bertz CT molecular complexity index is 578. The first kappa shape index (κ1) is 33.1. The van der Waals surface area contributed by atoms with E-state index in [2.05, 4.69) is 19.1 Å². The topological polar surface area (TPSA) is 115 Å². The highest BCUT2D eigenvalue weighted by Crippen LogP contribution is 2.22. The maximum Gasteiger partial charge on any atom is 0.311 e. The first-order chi connectivity index (χ1) is 16.5. The molecule has 0 fully saturated rings. The Morgan fingerprint density at radius 1 is 0.686 bits per heavy atom. The van der Waals surface area contributed by atoms with Crippen molar-refractivity contribution in [1.29, 1.82) is 0 Å². The van der Waals surface area contributed by atoms with Gasteiger partial charge < -0.3 is 24.6 Å². The molecule has 0 aromatic carbocycles. The van der Waals surface area contributed by atoms with Crippen LogP contribution in [0, 0.1) is 17.8 Å². The molecule has 0 radical (unpaired) electrons. The average Bonchev–Trinajstić information content (AvgIpc) is 2.78. The van der Waals surface area contributed by atoms with Crippen LogP contribution >= 0.6 is 0 Å². The fraction of sp³-hybridized carbons (Fsp3) is 0.821. The van der Waals surface area contributed by atoms with Gasteiger partial charge in [0.05, 0.1) is 26.2 Å². The van der Waals surface area contributed by atoms with E-state index in [4.69, 9.17) is 0 Å². The van der Waals surface area contributed by atoms with Crippen molar-refractivity contribution in [3.05, 3.63) is 12.2 Å². The summed E-state index contributed by atoms with van der Waals surface area (Å²) in [5, 5.41) is 30.4. The van der Waals surface area contributed by atoms with Crippen LogP contribution in [0.1, 0.15) is 105 Å². The van der Waals surface area contributed by atoms with Gasteiger partial charge in [-0.25, -0.2) is 0 Å². The number of hydrogen-bond donors (Lipinski definition) is 2. The lowest BCUT2D eigenvalue weighted by Gasteiger charge is -2.43. The molecule has 0 saturated heterocycles. The molecule has 7 nitrogen and oxygen atoms in total. The summed E-state index contributed by atoms with van der Waals surface area (Å²) in [5.74, 6) is -5.25. The van der Waals surface area contributed by atoms with E-state index in [0.717, 1.165) is 32.1 Å². The summed E-state index contributed by atoms with van der Waals surface area (Å²) in [4.78, 5) is 34.6. The van der Waals surface area contributed by atoms with Gasteiger partial charge in [-0.05, 0) is 52.4 Å². The summed E-state index contributed by atoms with van der Waals surface area (Å²) in [5.41, 5.74) is 0. The molecule has 0 aliphatic carbocycles. The highest BCUT2D eigenvalue weighted by Gasteiger charge is 2.36. The number of carbonyl (C=O) groups excluding carboxylic acids is 1. The molecule has 0 aliphatic heterocycles. The zero-order valence-electron chi connectivity index (χ0n) is 22.7. The maximum absolute atomic E-state index is 11.6. The van der Waals surface area contributed by atoms with Gasteiger partial charge in [0, 0.05) is 11.9 Å². The molecule has 0 bridgehead atoms. The van der Waals surface area contributed by atoms with Gasteiger partial charge in [-0.2, -0.15) is 0 Å². The number of hydrogen-bond acceptors (Lipinski definition) is 4. The van der Waals surface area contributed by atoms with Crippen LogP contribution < -0.4 is 5.11 Å². The second kappa shape index (κ2) is 19.3. The lowest BCUT2D eigenvalue weighted by Crippen LogP contribution is -2.58. The van der Waals surface area contributed by atoms with Crippen LogP contribution in [-0.4, -0.2) is 58.8 Å². The van der Waals surface area contributed by atoms with Gasteiger partial charge in [-0.3, -0.25) is 9.59 Å². The van der Waals surface area contributed by atoms with E-state index < -0.39 is 35.7 Å². The quantitative estimate of drug-likeness (QED) is 0.118. The number of nitrogens with zero attached hydrogens (tertiary/aromatic N) is 1. The molecule has 0 spiro atoms. The number of quaternary nitrogens is 1. The van der Waals surface area contributed by atoms with Crippen LogP contribution in [0.4, 0.5) is 0 Å². The molecule has 0 amide bonds. The van der Waals surface area contributed by atoms with Gasteiger partial charge >= 0.3 is 11.9 Å². The van der Waals surface area contributed by atoms with Crippen molar-refractivity contribution in [2.75, 3.05) is 26.2 Å². The van der Waals surface area contributed by atoms with Crippen LogP contribution in [0.3, 0.4) is 0 Å². The van der Waals surface area contributed by atoms with E-state index in [0.29, 0.717) is 6.54 Å². The molecule has 0 aromatic rings. The fourth-order valence-corrected chi connectivity index (χ4v) is 4.81. The zero-order valence-corrected chi connectivity index (χ0v) is 22.7. The van der Waals surface area contributed by atoms with Crippen LogP contribution in [0.15, 0.2) is 12.2 Å². The standard InChI is InChI=1S/C28H51NO6/c1-5-6-7-8-9-10-11-12-13-14-15-16-17-18-19-29(20-23(2)26(30)31,21-24(3)27(32)33)22-25(4)28(34)35/h9-10,23-25H,5-8,11-22H2,1-4H3,(H2-,30,31,32,33,34,35)/b10-9+. The minimum atomic E-state index is -1.19. The summed E-state index contributed by atoms with van der Waals surface area (Å²) < 4.78 is 0.181. The van der Waals surface area contributed by atoms with Crippen molar-refractivity contribution in [1.82, 2.24) is 0 Å². The summed E-state index contributed by atoms with van der Waals surface area (Å²) in [7, 11) is 0. The number of allylic oxidation sites excluding steroid dienone is 2. The minimum Gasteiger partial charge on any atom is -0.550 e. The molecule has 0 saturated carbocycles. The predicted molar refractivity (Wildman–Crippen MR) is 138 cm³/mol. The normalized spacial score (nSPS) is 16.0. The molecule has 0 rings (SSSR count). The number of carbonyl (C=O) groups is 3. The van der Waals surface area contributed by atoms with Gasteiger partial charge in [0.25, 0.3) is 0 Å². The Kier molecular flexibility index (Phi) is 18.3. The monoisotopic (exact) mass is 497 g/mol. The van der Waals surface area contributed by atoms with E-state index in [9.17, 15) is 29.7 Å². The summed E-state index contributed by atoms with van der Waals surface area (Å²) >= 11 is 0. The van der Waals surface area contributed by atoms with Crippen LogP contribution in [0.2, 0.25) is 0 Å². The van der Waals surface area contributed by atoms with Crippen LogP contribution in [0.5, 0.6) is 0 Å². The van der Waals surface area contributed by atoms with E-state index in [1.54, 1.807) is 20.8 Å². The number of carboxylic acid groups (broad SMARTS) is 3. The minimum absolute atomic E-state index is 0.181. The van der Waals surface area contributed by atoms with Crippen molar-refractivity contribution in [3.8, 4) is 0 Å². The molecule has 2 N–H and O–H groups in total. The van der Waals surface area contributed by atoms with Crippen molar-refractivity contribution in [2.45, 2.75) is 105 Å². The Balaban J connectivity index is 4.68. The fourth-order valence-electron chi connectivity index (χ4n) is 4.81. The van der Waals surface area contributed by atoms with Gasteiger partial charge in [-0.15, -0.1) is 0 Å². The Morgan fingerprint density at radius 3 is 1.51 bits per heavy atom. The highest BCUT2D eigenvalue weighted by molar-refractivity contribution is 5.70. The van der Waals surface area contributed by atoms with Gasteiger partial charge in [-0.1, -0.05) is 64.5 Å². The van der Waals surface area contributed by atoms with E-state index in [-0.39, 0.29) is 24.1 Å². The number of aliphatic carboxylic acids is 3. The molecule has 3 unspecified atom stereocenters. The lowest BCUT2D eigenvalue weighted by atomic mass is 10.0. The van der Waals surface area contributed by atoms with Crippen molar-refractivity contribution in [2.24, 2.45) is 17.8 Å². The molecule has 0 aliphatic rings. The molecular formula is C28H51NO6. The maximum atomic E-state index is 11.6. The molecule has 35 heavy (non-hydrogen) atoms. The molecule has 0 heterocycles. The Morgan fingerprint density at radius 2 is 1.09 bits per heavy atom.